The third-order valence-corrected chi connectivity index (χ3v) is 4.11. The molecule has 0 spiro atoms. The maximum atomic E-state index is 12.7. The van der Waals surface area contributed by atoms with Gasteiger partial charge in [0.2, 0.25) is 11.5 Å². The molecule has 0 N–H and O–H groups in total. The number of rotatable bonds is 5. The van der Waals surface area contributed by atoms with Gasteiger partial charge in [0.05, 0.1) is 11.4 Å². The molecule has 0 bridgehead atoms. The van der Waals surface area contributed by atoms with E-state index in [-0.39, 0.29) is 22.9 Å². The highest BCUT2D eigenvalue weighted by Gasteiger charge is 2.24. The van der Waals surface area contributed by atoms with Crippen LogP contribution in [0.25, 0.3) is 5.69 Å². The summed E-state index contributed by atoms with van der Waals surface area (Å²) in [4.78, 5) is 25.1. The van der Waals surface area contributed by atoms with Crippen molar-refractivity contribution in [1.29, 1.82) is 0 Å². The van der Waals surface area contributed by atoms with E-state index in [0.29, 0.717) is 11.3 Å². The molecule has 0 saturated carbocycles. The molecule has 0 amide bonds. The maximum Gasteiger partial charge on any atom is 0.253 e. The van der Waals surface area contributed by atoms with Crippen LogP contribution in [0.4, 0.5) is 0 Å². The Morgan fingerprint density at radius 3 is 2.30 bits per heavy atom. The second-order valence-electron chi connectivity index (χ2n) is 5.87. The molecule has 2 aromatic carbocycles. The van der Waals surface area contributed by atoms with Crippen LogP contribution < -0.4 is 0 Å². The normalized spacial score (nSPS) is 10.7. The van der Waals surface area contributed by atoms with Crippen molar-refractivity contribution in [3.8, 4) is 5.69 Å². The first-order chi connectivity index (χ1) is 13.1. The number of benzene rings is 2. The first-order valence-corrected chi connectivity index (χ1v) is 8.24. The van der Waals surface area contributed by atoms with Crippen molar-refractivity contribution in [2.45, 2.75) is 6.92 Å². The number of nitrogens with zero attached hydrogens (tertiary/aromatic N) is 4. The van der Waals surface area contributed by atoms with E-state index in [2.05, 4.69) is 15.5 Å². The predicted molar refractivity (Wildman–Crippen MR) is 95.9 cm³/mol. The molecule has 0 unspecified atom stereocenters. The highest BCUT2D eigenvalue weighted by Crippen LogP contribution is 2.17. The molecule has 0 fully saturated rings. The van der Waals surface area contributed by atoms with Crippen molar-refractivity contribution in [2.75, 3.05) is 0 Å². The zero-order valence-electron chi connectivity index (χ0n) is 14.4. The quantitative estimate of drug-likeness (QED) is 0.509. The molecular weight excluding hydrogens is 344 g/mol. The molecule has 132 valence electrons. The molecule has 4 aromatic rings. The summed E-state index contributed by atoms with van der Waals surface area (Å²) in [7, 11) is 0. The molecular formula is C20H14N4O3. The molecule has 0 radical (unpaired) electrons. The van der Waals surface area contributed by atoms with Gasteiger partial charge in [-0.1, -0.05) is 58.9 Å². The molecule has 7 nitrogen and oxygen atoms in total. The summed E-state index contributed by atoms with van der Waals surface area (Å²) in [5.74, 6) is -0.852. The highest BCUT2D eigenvalue weighted by molar-refractivity contribution is 6.11. The Morgan fingerprint density at radius 2 is 1.59 bits per heavy atom. The van der Waals surface area contributed by atoms with E-state index in [1.165, 1.54) is 6.07 Å². The largest absolute Gasteiger partial charge is 0.352 e. The van der Waals surface area contributed by atoms with E-state index < -0.39 is 5.78 Å². The van der Waals surface area contributed by atoms with Crippen LogP contribution in [0.2, 0.25) is 0 Å². The summed E-state index contributed by atoms with van der Waals surface area (Å²) in [5.41, 5.74) is 2.04. The summed E-state index contributed by atoms with van der Waals surface area (Å²) < 4.78 is 6.67. The highest BCUT2D eigenvalue weighted by atomic mass is 16.5. The number of carbonyl (C=O) groups excluding carboxylic acids is 2. The molecule has 0 saturated heterocycles. The van der Waals surface area contributed by atoms with Gasteiger partial charge in [0.1, 0.15) is 0 Å². The lowest BCUT2D eigenvalue weighted by atomic mass is 10.1. The van der Waals surface area contributed by atoms with Crippen LogP contribution >= 0.6 is 0 Å². The Labute approximate surface area is 154 Å². The number of para-hydroxylation sites is 1. The SMILES string of the molecule is Cc1c(C(=O)c2cc(C(=O)c3ccccc3)no2)nnn1-c1ccccc1. The topological polar surface area (TPSA) is 90.9 Å². The van der Waals surface area contributed by atoms with Gasteiger partial charge in [0, 0.05) is 11.6 Å². The van der Waals surface area contributed by atoms with Crippen LogP contribution in [0, 0.1) is 6.92 Å². The predicted octanol–water partition coefficient (Wildman–Crippen LogP) is 3.03. The van der Waals surface area contributed by atoms with Gasteiger partial charge in [-0.2, -0.15) is 0 Å². The molecule has 0 aliphatic rings. The van der Waals surface area contributed by atoms with Gasteiger partial charge in [-0.3, -0.25) is 9.59 Å². The van der Waals surface area contributed by atoms with Crippen LogP contribution in [0.15, 0.2) is 71.3 Å². The van der Waals surface area contributed by atoms with Crippen LogP contribution in [0.5, 0.6) is 0 Å². The third-order valence-electron chi connectivity index (χ3n) is 4.11. The Balaban J connectivity index is 1.62. The average Bonchev–Trinajstić information content (AvgIpc) is 3.35. The smallest absolute Gasteiger partial charge is 0.253 e. The van der Waals surface area contributed by atoms with Crippen molar-refractivity contribution in [3.63, 3.8) is 0 Å². The molecule has 2 heterocycles. The summed E-state index contributed by atoms with van der Waals surface area (Å²) in [6.45, 7) is 1.74. The van der Waals surface area contributed by atoms with Crippen LogP contribution in [-0.2, 0) is 0 Å². The molecule has 7 heteroatoms. The maximum absolute atomic E-state index is 12.7. The first-order valence-electron chi connectivity index (χ1n) is 8.24. The first kappa shape index (κ1) is 16.6. The number of hydrogen-bond acceptors (Lipinski definition) is 6. The van der Waals surface area contributed by atoms with Crippen molar-refractivity contribution in [1.82, 2.24) is 20.2 Å². The number of carbonyl (C=O) groups is 2. The lowest BCUT2D eigenvalue weighted by Gasteiger charge is -2.02. The van der Waals surface area contributed by atoms with Crippen LogP contribution in [-0.4, -0.2) is 31.7 Å². The number of ketones is 2. The fourth-order valence-electron chi connectivity index (χ4n) is 2.70. The van der Waals surface area contributed by atoms with Gasteiger partial charge in [0.25, 0.3) is 5.78 Å². The lowest BCUT2D eigenvalue weighted by molar-refractivity contribution is 0.0988. The van der Waals surface area contributed by atoms with Gasteiger partial charge < -0.3 is 4.52 Å². The molecule has 0 aliphatic carbocycles. The minimum Gasteiger partial charge on any atom is -0.352 e. The Morgan fingerprint density at radius 1 is 0.926 bits per heavy atom. The fourth-order valence-corrected chi connectivity index (χ4v) is 2.70. The molecule has 2 aromatic heterocycles. The van der Waals surface area contributed by atoms with E-state index in [4.69, 9.17) is 4.52 Å². The molecule has 0 atom stereocenters. The monoisotopic (exact) mass is 358 g/mol. The lowest BCUT2D eigenvalue weighted by Crippen LogP contribution is -2.05. The minimum absolute atomic E-state index is 0.0579. The zero-order valence-corrected chi connectivity index (χ0v) is 14.4. The second kappa shape index (κ2) is 6.80. The third kappa shape index (κ3) is 3.06. The van der Waals surface area contributed by atoms with E-state index >= 15 is 0 Å². The number of aromatic nitrogens is 4. The zero-order chi connectivity index (χ0) is 18.8. The van der Waals surface area contributed by atoms with E-state index in [1.807, 2.05) is 36.4 Å². The molecule has 27 heavy (non-hydrogen) atoms. The van der Waals surface area contributed by atoms with Crippen molar-refractivity contribution in [3.05, 3.63) is 95.1 Å². The van der Waals surface area contributed by atoms with Gasteiger partial charge >= 0.3 is 0 Å². The Bertz CT molecular complexity index is 1110. The Kier molecular flexibility index (Phi) is 4.18. The van der Waals surface area contributed by atoms with Gasteiger partial charge in [-0.05, 0) is 19.1 Å². The summed E-state index contributed by atoms with van der Waals surface area (Å²) >= 11 is 0. The fraction of sp³-hybridized carbons (Fsp3) is 0.0500. The second-order valence-corrected chi connectivity index (χ2v) is 5.87. The number of hydrogen-bond donors (Lipinski definition) is 0. The summed E-state index contributed by atoms with van der Waals surface area (Å²) in [5, 5.41) is 11.7. The van der Waals surface area contributed by atoms with Crippen LogP contribution in [0.1, 0.15) is 38.0 Å². The standard InChI is InChI=1S/C20H14N4O3/c1-13-18(21-23-24(13)15-10-6-3-7-11-15)20(26)17-12-16(22-27-17)19(25)14-8-4-2-5-9-14/h2-12H,1H3. The summed E-state index contributed by atoms with van der Waals surface area (Å²) in [6.07, 6.45) is 0. The van der Waals surface area contributed by atoms with Crippen molar-refractivity contribution >= 4 is 11.6 Å². The van der Waals surface area contributed by atoms with Crippen molar-refractivity contribution in [2.24, 2.45) is 0 Å². The van der Waals surface area contributed by atoms with Gasteiger partial charge in [0.15, 0.2) is 11.4 Å². The van der Waals surface area contributed by atoms with Gasteiger partial charge in [-0.15, -0.1) is 5.10 Å². The van der Waals surface area contributed by atoms with E-state index in [0.717, 1.165) is 5.69 Å². The van der Waals surface area contributed by atoms with Gasteiger partial charge in [-0.25, -0.2) is 4.68 Å². The van der Waals surface area contributed by atoms with E-state index in [1.54, 1.807) is 35.9 Å². The van der Waals surface area contributed by atoms with Crippen LogP contribution in [0.3, 0.4) is 0 Å². The van der Waals surface area contributed by atoms with Crippen molar-refractivity contribution < 1.29 is 14.1 Å². The summed E-state index contributed by atoms with van der Waals surface area (Å²) in [6, 6.07) is 19.4. The molecule has 4 rings (SSSR count). The Hall–Kier alpha value is -3.87. The molecule has 0 aliphatic heterocycles. The average molecular weight is 358 g/mol. The van der Waals surface area contributed by atoms with E-state index in [9.17, 15) is 9.59 Å². The minimum atomic E-state index is -0.478.